The molecular formula is C18H19N3O2. The topological polar surface area (TPSA) is 46.8 Å². The van der Waals surface area contributed by atoms with Crippen molar-refractivity contribution in [2.75, 3.05) is 18.1 Å². The van der Waals surface area contributed by atoms with E-state index < -0.39 is 0 Å². The van der Waals surface area contributed by atoms with Gasteiger partial charge in [0.15, 0.2) is 18.0 Å². The minimum Gasteiger partial charge on any atom is -0.480 e. The van der Waals surface area contributed by atoms with Gasteiger partial charge in [0.2, 0.25) is 0 Å². The lowest BCUT2D eigenvalue weighted by Crippen LogP contribution is -2.34. The fraction of sp³-hybridized carbons (Fsp3) is 0.222. The number of anilines is 1. The lowest BCUT2D eigenvalue weighted by atomic mass is 10.3. The summed E-state index contributed by atoms with van der Waals surface area (Å²) in [6, 6.07) is 13.3. The van der Waals surface area contributed by atoms with Crippen molar-refractivity contribution in [1.82, 2.24) is 9.38 Å². The van der Waals surface area contributed by atoms with Gasteiger partial charge in [-0.1, -0.05) is 18.2 Å². The minimum atomic E-state index is -0.0796. The molecule has 0 aliphatic carbocycles. The van der Waals surface area contributed by atoms with Gasteiger partial charge in [-0.25, -0.2) is 4.98 Å². The first kappa shape index (κ1) is 15.1. The summed E-state index contributed by atoms with van der Waals surface area (Å²) < 4.78 is 7.62. The fourth-order valence-electron chi connectivity index (χ4n) is 2.55. The number of likely N-dealkylation sites (N-methyl/N-ethyl adjacent to an activating group) is 1. The summed E-state index contributed by atoms with van der Waals surface area (Å²) in [4.78, 5) is 18.6. The van der Waals surface area contributed by atoms with Crippen LogP contribution in [0, 0.1) is 6.92 Å². The number of nitrogens with zero attached hydrogens (tertiary/aromatic N) is 3. The van der Waals surface area contributed by atoms with E-state index in [-0.39, 0.29) is 12.5 Å². The predicted octanol–water partition coefficient (Wildman–Crippen LogP) is 3.07. The highest BCUT2D eigenvalue weighted by Crippen LogP contribution is 2.19. The summed E-state index contributed by atoms with van der Waals surface area (Å²) in [5.41, 5.74) is 2.51. The average Bonchev–Trinajstić information content (AvgIpc) is 2.95. The second kappa shape index (κ2) is 6.52. The molecule has 5 nitrogen and oxygen atoms in total. The second-order valence-electron chi connectivity index (χ2n) is 5.25. The molecule has 0 atom stereocenters. The van der Waals surface area contributed by atoms with E-state index in [0.29, 0.717) is 12.3 Å². The molecule has 0 N–H and O–H groups in total. The highest BCUT2D eigenvalue weighted by atomic mass is 16.5. The zero-order valence-electron chi connectivity index (χ0n) is 13.3. The zero-order chi connectivity index (χ0) is 16.2. The predicted molar refractivity (Wildman–Crippen MR) is 89.9 cm³/mol. The summed E-state index contributed by atoms with van der Waals surface area (Å²) in [7, 11) is 0. The average molecular weight is 309 g/mol. The molecule has 0 aliphatic heterocycles. The van der Waals surface area contributed by atoms with Gasteiger partial charge >= 0.3 is 0 Å². The van der Waals surface area contributed by atoms with Gasteiger partial charge < -0.3 is 14.0 Å². The largest absolute Gasteiger partial charge is 0.480 e. The molecule has 5 heteroatoms. The number of carbonyl (C=O) groups is 1. The maximum Gasteiger partial charge on any atom is 0.264 e. The van der Waals surface area contributed by atoms with E-state index in [1.165, 1.54) is 0 Å². The van der Waals surface area contributed by atoms with Crippen LogP contribution in [-0.2, 0) is 4.79 Å². The molecule has 23 heavy (non-hydrogen) atoms. The first-order valence-electron chi connectivity index (χ1n) is 7.61. The Labute approximate surface area is 135 Å². The van der Waals surface area contributed by atoms with Gasteiger partial charge in [-0.15, -0.1) is 0 Å². The number of hydrogen-bond donors (Lipinski definition) is 0. The maximum atomic E-state index is 12.5. The highest BCUT2D eigenvalue weighted by molar-refractivity contribution is 5.94. The number of fused-ring (bicyclic) bond motifs is 1. The third kappa shape index (κ3) is 3.18. The number of imidazole rings is 1. The number of aromatic nitrogens is 2. The molecule has 3 aromatic rings. The number of pyridine rings is 1. The molecule has 0 bridgehead atoms. The first-order valence-corrected chi connectivity index (χ1v) is 7.61. The van der Waals surface area contributed by atoms with E-state index in [1.54, 1.807) is 4.90 Å². The Kier molecular flexibility index (Phi) is 4.28. The van der Waals surface area contributed by atoms with E-state index in [4.69, 9.17) is 4.74 Å². The third-order valence-electron chi connectivity index (χ3n) is 3.60. The Morgan fingerprint density at radius 2 is 2.00 bits per heavy atom. The monoisotopic (exact) mass is 309 g/mol. The van der Waals surface area contributed by atoms with Gasteiger partial charge in [-0.3, -0.25) is 4.79 Å². The van der Waals surface area contributed by atoms with Crippen LogP contribution in [0.2, 0.25) is 0 Å². The molecule has 0 spiro atoms. The zero-order valence-corrected chi connectivity index (χ0v) is 13.3. The van der Waals surface area contributed by atoms with E-state index in [2.05, 4.69) is 4.98 Å². The molecule has 1 amide bonds. The number of para-hydroxylation sites is 1. The number of benzene rings is 1. The van der Waals surface area contributed by atoms with E-state index in [0.717, 1.165) is 17.0 Å². The number of carbonyl (C=O) groups excluding carboxylic acids is 1. The van der Waals surface area contributed by atoms with Gasteiger partial charge in [0, 0.05) is 24.6 Å². The minimum absolute atomic E-state index is 0.0195. The Morgan fingerprint density at radius 1 is 1.22 bits per heavy atom. The molecular weight excluding hydrogens is 290 g/mol. The third-order valence-corrected chi connectivity index (χ3v) is 3.60. The van der Waals surface area contributed by atoms with E-state index in [1.807, 2.05) is 73.1 Å². The Morgan fingerprint density at radius 3 is 2.74 bits per heavy atom. The number of rotatable bonds is 5. The molecule has 0 fully saturated rings. The van der Waals surface area contributed by atoms with Crippen LogP contribution in [0.1, 0.15) is 12.6 Å². The van der Waals surface area contributed by atoms with Crippen LogP contribution in [0.15, 0.2) is 54.9 Å². The second-order valence-corrected chi connectivity index (χ2v) is 5.25. The molecule has 0 unspecified atom stereocenters. The van der Waals surface area contributed by atoms with Crippen LogP contribution < -0.4 is 9.64 Å². The van der Waals surface area contributed by atoms with Crippen LogP contribution in [0.25, 0.3) is 5.65 Å². The summed E-state index contributed by atoms with van der Waals surface area (Å²) in [5.74, 6) is 0.530. The van der Waals surface area contributed by atoms with E-state index in [9.17, 15) is 4.79 Å². The smallest absolute Gasteiger partial charge is 0.264 e. The number of hydrogen-bond acceptors (Lipinski definition) is 3. The molecule has 0 aliphatic rings. The Bertz CT molecular complexity index is 812. The molecule has 118 valence electrons. The van der Waals surface area contributed by atoms with Crippen LogP contribution in [0.5, 0.6) is 5.75 Å². The van der Waals surface area contributed by atoms with Crippen molar-refractivity contribution in [2.45, 2.75) is 13.8 Å². The summed E-state index contributed by atoms with van der Waals surface area (Å²) >= 11 is 0. The summed E-state index contributed by atoms with van der Waals surface area (Å²) in [6.45, 7) is 4.45. The van der Waals surface area contributed by atoms with Gasteiger partial charge in [-0.05, 0) is 38.1 Å². The van der Waals surface area contributed by atoms with Crippen LogP contribution in [0.4, 0.5) is 5.69 Å². The molecule has 2 heterocycles. The lowest BCUT2D eigenvalue weighted by molar-refractivity contribution is -0.120. The summed E-state index contributed by atoms with van der Waals surface area (Å²) in [5, 5.41) is 0. The number of amides is 1. The maximum absolute atomic E-state index is 12.5. The van der Waals surface area contributed by atoms with Crippen molar-refractivity contribution in [1.29, 1.82) is 0 Å². The molecule has 0 radical (unpaired) electrons. The van der Waals surface area contributed by atoms with Gasteiger partial charge in [0.1, 0.15) is 0 Å². The van der Waals surface area contributed by atoms with Gasteiger partial charge in [-0.2, -0.15) is 0 Å². The summed E-state index contributed by atoms with van der Waals surface area (Å²) in [6.07, 6.45) is 3.83. The molecule has 1 aromatic carbocycles. The Hall–Kier alpha value is -2.82. The van der Waals surface area contributed by atoms with Crippen LogP contribution in [0.3, 0.4) is 0 Å². The molecule has 3 rings (SSSR count). The molecule has 0 saturated heterocycles. The van der Waals surface area contributed by atoms with Gasteiger partial charge in [0.25, 0.3) is 5.91 Å². The lowest BCUT2D eigenvalue weighted by Gasteiger charge is -2.21. The highest BCUT2D eigenvalue weighted by Gasteiger charge is 2.15. The molecule has 2 aromatic heterocycles. The SMILES string of the molecule is CCN(C(=O)COc1cccn2cc(C)nc12)c1ccccc1. The first-order chi connectivity index (χ1) is 11.2. The number of aryl methyl sites for hydroxylation is 1. The van der Waals surface area contributed by atoms with Crippen molar-refractivity contribution in [3.63, 3.8) is 0 Å². The van der Waals surface area contributed by atoms with Gasteiger partial charge in [0.05, 0.1) is 5.69 Å². The fourth-order valence-corrected chi connectivity index (χ4v) is 2.55. The normalized spacial score (nSPS) is 10.7. The van der Waals surface area contributed by atoms with Crippen molar-refractivity contribution in [3.8, 4) is 5.75 Å². The quantitative estimate of drug-likeness (QED) is 0.727. The number of ether oxygens (including phenoxy) is 1. The van der Waals surface area contributed by atoms with Crippen LogP contribution in [-0.4, -0.2) is 28.4 Å². The van der Waals surface area contributed by atoms with Crippen molar-refractivity contribution < 1.29 is 9.53 Å². The standard InChI is InChI=1S/C18H19N3O2/c1-3-21(15-8-5-4-6-9-15)17(22)13-23-16-10-7-11-20-12-14(2)19-18(16)20/h4-12H,3,13H2,1-2H3. The van der Waals surface area contributed by atoms with Crippen molar-refractivity contribution >= 4 is 17.2 Å². The molecule has 0 saturated carbocycles. The Balaban J connectivity index is 1.75. The van der Waals surface area contributed by atoms with Crippen molar-refractivity contribution in [3.05, 3.63) is 60.6 Å². The van der Waals surface area contributed by atoms with Crippen LogP contribution >= 0.6 is 0 Å². The van der Waals surface area contributed by atoms with Crippen molar-refractivity contribution in [2.24, 2.45) is 0 Å². The van der Waals surface area contributed by atoms with E-state index >= 15 is 0 Å².